The molecule has 2 unspecified atom stereocenters. The summed E-state index contributed by atoms with van der Waals surface area (Å²) in [6.07, 6.45) is 0.0724. The SMILES string of the molecule is Cc1cc([N+](=O)[O-])c(C)cc1OCC1CCC(C(=O)O)O1. The van der Waals surface area contributed by atoms with Gasteiger partial charge in [0, 0.05) is 11.6 Å². The number of carboxylic acid groups (broad SMARTS) is 1. The van der Waals surface area contributed by atoms with Crippen molar-refractivity contribution in [2.75, 3.05) is 6.61 Å². The highest BCUT2D eigenvalue weighted by molar-refractivity contribution is 5.72. The monoisotopic (exact) mass is 295 g/mol. The van der Waals surface area contributed by atoms with Gasteiger partial charge in [-0.1, -0.05) is 0 Å². The van der Waals surface area contributed by atoms with Gasteiger partial charge in [-0.25, -0.2) is 4.79 Å². The van der Waals surface area contributed by atoms with E-state index < -0.39 is 17.0 Å². The van der Waals surface area contributed by atoms with Crippen LogP contribution in [-0.2, 0) is 9.53 Å². The van der Waals surface area contributed by atoms with Crippen molar-refractivity contribution in [2.45, 2.75) is 38.9 Å². The molecule has 0 saturated carbocycles. The maximum absolute atomic E-state index is 10.8. The third-order valence-electron chi connectivity index (χ3n) is 3.50. The number of aryl methyl sites for hydroxylation is 2. The van der Waals surface area contributed by atoms with E-state index in [9.17, 15) is 14.9 Å². The van der Waals surface area contributed by atoms with Gasteiger partial charge in [-0.3, -0.25) is 10.1 Å². The second kappa shape index (κ2) is 6.09. The van der Waals surface area contributed by atoms with Crippen molar-refractivity contribution < 1.29 is 24.3 Å². The molecule has 1 fully saturated rings. The molecular weight excluding hydrogens is 278 g/mol. The van der Waals surface area contributed by atoms with E-state index in [1.165, 1.54) is 6.07 Å². The largest absolute Gasteiger partial charge is 0.491 e. The summed E-state index contributed by atoms with van der Waals surface area (Å²) in [5.41, 5.74) is 1.25. The first-order chi connectivity index (χ1) is 9.88. The molecule has 1 aromatic rings. The number of hydrogen-bond acceptors (Lipinski definition) is 5. The Balaban J connectivity index is 2.00. The van der Waals surface area contributed by atoms with Crippen molar-refractivity contribution in [3.8, 4) is 5.75 Å². The van der Waals surface area contributed by atoms with Crippen LogP contribution < -0.4 is 4.74 Å². The smallest absolute Gasteiger partial charge is 0.332 e. The summed E-state index contributed by atoms with van der Waals surface area (Å²) in [7, 11) is 0. The van der Waals surface area contributed by atoms with Crippen LogP contribution >= 0.6 is 0 Å². The first kappa shape index (κ1) is 15.2. The first-order valence-corrected chi connectivity index (χ1v) is 6.65. The normalized spacial score (nSPS) is 21.2. The fourth-order valence-electron chi connectivity index (χ4n) is 2.32. The molecule has 1 aromatic carbocycles. The summed E-state index contributed by atoms with van der Waals surface area (Å²) in [5.74, 6) is -0.402. The van der Waals surface area contributed by atoms with E-state index in [1.54, 1.807) is 19.9 Å². The Kier molecular flexibility index (Phi) is 4.42. The summed E-state index contributed by atoms with van der Waals surface area (Å²) in [6.45, 7) is 3.62. The third kappa shape index (κ3) is 3.49. The van der Waals surface area contributed by atoms with Crippen molar-refractivity contribution in [1.29, 1.82) is 0 Å². The molecule has 1 saturated heterocycles. The standard InChI is InChI=1S/C14H17NO6/c1-8-6-13(9(2)5-11(8)15(18)19)20-7-10-3-4-12(21-10)14(16)17/h5-6,10,12H,3-4,7H2,1-2H3,(H,16,17). The van der Waals surface area contributed by atoms with Gasteiger partial charge in [0.1, 0.15) is 12.4 Å². The van der Waals surface area contributed by atoms with Gasteiger partial charge in [0.15, 0.2) is 6.10 Å². The number of benzene rings is 1. The highest BCUT2D eigenvalue weighted by atomic mass is 16.6. The number of ether oxygens (including phenoxy) is 2. The van der Waals surface area contributed by atoms with Crippen LogP contribution in [0.1, 0.15) is 24.0 Å². The van der Waals surface area contributed by atoms with Crippen LogP contribution in [0.3, 0.4) is 0 Å². The molecule has 21 heavy (non-hydrogen) atoms. The lowest BCUT2D eigenvalue weighted by molar-refractivity contribution is -0.385. The number of rotatable bonds is 5. The van der Waals surface area contributed by atoms with Crippen molar-refractivity contribution in [1.82, 2.24) is 0 Å². The Morgan fingerprint density at radius 3 is 2.71 bits per heavy atom. The third-order valence-corrected chi connectivity index (χ3v) is 3.50. The Hall–Kier alpha value is -2.15. The summed E-state index contributed by atoms with van der Waals surface area (Å²) < 4.78 is 11.0. The van der Waals surface area contributed by atoms with E-state index in [1.807, 2.05) is 0 Å². The molecule has 114 valence electrons. The average Bonchev–Trinajstić information content (AvgIpc) is 2.88. The molecule has 0 aromatic heterocycles. The van der Waals surface area contributed by atoms with Gasteiger partial charge in [-0.2, -0.15) is 0 Å². The van der Waals surface area contributed by atoms with Gasteiger partial charge < -0.3 is 14.6 Å². The predicted octanol–water partition coefficient (Wildman–Crippen LogP) is 2.22. The lowest BCUT2D eigenvalue weighted by Gasteiger charge is -2.14. The summed E-state index contributed by atoms with van der Waals surface area (Å²) >= 11 is 0. The van der Waals surface area contributed by atoms with Gasteiger partial charge in [-0.05, 0) is 38.3 Å². The van der Waals surface area contributed by atoms with Crippen LogP contribution in [0.15, 0.2) is 12.1 Å². The number of nitro groups is 1. The maximum atomic E-state index is 10.8. The summed E-state index contributed by atoms with van der Waals surface area (Å²) in [4.78, 5) is 21.2. The van der Waals surface area contributed by atoms with Crippen molar-refractivity contribution in [3.63, 3.8) is 0 Å². The van der Waals surface area contributed by atoms with Crippen molar-refractivity contribution >= 4 is 11.7 Å². The number of aliphatic carboxylic acids is 1. The minimum atomic E-state index is -0.958. The second-order valence-electron chi connectivity index (χ2n) is 5.13. The van der Waals surface area contributed by atoms with Gasteiger partial charge in [0.2, 0.25) is 0 Å². The quantitative estimate of drug-likeness (QED) is 0.660. The molecule has 0 amide bonds. The van der Waals surface area contributed by atoms with E-state index in [0.29, 0.717) is 29.7 Å². The van der Waals surface area contributed by atoms with Crippen LogP contribution in [-0.4, -0.2) is 34.8 Å². The Bertz CT molecular complexity index is 571. The van der Waals surface area contributed by atoms with E-state index >= 15 is 0 Å². The van der Waals surface area contributed by atoms with Gasteiger partial charge in [-0.15, -0.1) is 0 Å². The number of carbonyl (C=O) groups is 1. The van der Waals surface area contributed by atoms with Crippen LogP contribution in [0, 0.1) is 24.0 Å². The average molecular weight is 295 g/mol. The molecule has 2 atom stereocenters. The zero-order chi connectivity index (χ0) is 15.6. The lowest BCUT2D eigenvalue weighted by atomic mass is 10.1. The van der Waals surface area contributed by atoms with Crippen molar-refractivity contribution in [2.24, 2.45) is 0 Å². The van der Waals surface area contributed by atoms with Gasteiger partial charge in [0.05, 0.1) is 11.0 Å². The highest BCUT2D eigenvalue weighted by Gasteiger charge is 2.30. The van der Waals surface area contributed by atoms with E-state index in [4.69, 9.17) is 14.6 Å². The Morgan fingerprint density at radius 1 is 1.43 bits per heavy atom. The number of nitrogens with zero attached hydrogens (tertiary/aromatic N) is 1. The van der Waals surface area contributed by atoms with Crippen molar-refractivity contribution in [3.05, 3.63) is 33.4 Å². The molecule has 7 heteroatoms. The molecule has 1 heterocycles. The molecule has 0 radical (unpaired) electrons. The van der Waals surface area contributed by atoms with Gasteiger partial charge >= 0.3 is 5.97 Å². The predicted molar refractivity (Wildman–Crippen MR) is 73.6 cm³/mol. The second-order valence-corrected chi connectivity index (χ2v) is 5.13. The zero-order valence-electron chi connectivity index (χ0n) is 11.9. The topological polar surface area (TPSA) is 98.9 Å². The molecule has 1 aliphatic rings. The summed E-state index contributed by atoms with van der Waals surface area (Å²) in [6, 6.07) is 3.09. The van der Waals surface area contributed by atoms with Crippen LogP contribution in [0.4, 0.5) is 5.69 Å². The molecule has 0 aliphatic carbocycles. The Morgan fingerprint density at radius 2 is 2.14 bits per heavy atom. The van der Waals surface area contributed by atoms with Crippen LogP contribution in [0.2, 0.25) is 0 Å². The molecular formula is C14H17NO6. The van der Waals surface area contributed by atoms with E-state index in [-0.39, 0.29) is 18.4 Å². The van der Waals surface area contributed by atoms with Crippen LogP contribution in [0.25, 0.3) is 0 Å². The fraction of sp³-hybridized carbons (Fsp3) is 0.500. The molecule has 1 N–H and O–H groups in total. The number of carboxylic acids is 1. The van der Waals surface area contributed by atoms with E-state index in [0.717, 1.165) is 0 Å². The van der Waals surface area contributed by atoms with E-state index in [2.05, 4.69) is 0 Å². The zero-order valence-corrected chi connectivity index (χ0v) is 11.9. The molecule has 7 nitrogen and oxygen atoms in total. The molecule has 2 rings (SSSR count). The first-order valence-electron chi connectivity index (χ1n) is 6.65. The molecule has 0 bridgehead atoms. The minimum Gasteiger partial charge on any atom is -0.491 e. The molecule has 0 spiro atoms. The molecule has 1 aliphatic heterocycles. The number of nitro benzene ring substituents is 1. The highest BCUT2D eigenvalue weighted by Crippen LogP contribution is 2.28. The van der Waals surface area contributed by atoms with Crippen LogP contribution in [0.5, 0.6) is 5.75 Å². The summed E-state index contributed by atoms with van der Waals surface area (Å²) in [5, 5.41) is 19.7. The maximum Gasteiger partial charge on any atom is 0.332 e. The minimum absolute atomic E-state index is 0.0582. The Labute approximate surface area is 121 Å². The lowest BCUT2D eigenvalue weighted by Crippen LogP contribution is -2.23. The fourth-order valence-corrected chi connectivity index (χ4v) is 2.32. The van der Waals surface area contributed by atoms with Gasteiger partial charge in [0.25, 0.3) is 5.69 Å². The number of hydrogen-bond donors (Lipinski definition) is 1.